The van der Waals surface area contributed by atoms with Gasteiger partial charge in [0.15, 0.2) is 0 Å². The summed E-state index contributed by atoms with van der Waals surface area (Å²) in [6, 6.07) is 3.88. The first-order valence-electron chi connectivity index (χ1n) is 4.71. The lowest BCUT2D eigenvalue weighted by molar-refractivity contribution is -0.385. The van der Waals surface area contributed by atoms with E-state index in [1.807, 2.05) is 0 Å². The fraction of sp³-hybridized carbons (Fsp3) is 0.182. The van der Waals surface area contributed by atoms with Gasteiger partial charge in [-0.1, -0.05) is 12.0 Å². The van der Waals surface area contributed by atoms with Crippen molar-refractivity contribution in [3.05, 3.63) is 33.9 Å². The number of phenolic OH excluding ortho intramolecular Hbond substituents is 1. The average Bonchev–Trinajstić information content (AvgIpc) is 2.27. The number of nitro benzene ring substituents is 1. The van der Waals surface area contributed by atoms with E-state index in [0.29, 0.717) is 0 Å². The number of nitro groups is 1. The van der Waals surface area contributed by atoms with Crippen LogP contribution in [0.5, 0.6) is 5.75 Å². The summed E-state index contributed by atoms with van der Waals surface area (Å²) in [6.07, 6.45) is 0. The van der Waals surface area contributed by atoms with Crippen molar-refractivity contribution in [1.29, 1.82) is 0 Å². The van der Waals surface area contributed by atoms with Crippen LogP contribution in [0.1, 0.15) is 12.5 Å². The van der Waals surface area contributed by atoms with Gasteiger partial charge in [-0.25, -0.2) is 4.79 Å². The van der Waals surface area contributed by atoms with Crippen molar-refractivity contribution in [2.75, 3.05) is 6.61 Å². The highest BCUT2D eigenvalue weighted by molar-refractivity contribution is 5.89. The third-order valence-corrected chi connectivity index (χ3v) is 1.79. The molecule has 0 bridgehead atoms. The van der Waals surface area contributed by atoms with Gasteiger partial charge in [-0.3, -0.25) is 10.1 Å². The maximum Gasteiger partial charge on any atom is 0.384 e. The van der Waals surface area contributed by atoms with Gasteiger partial charge in [0.25, 0.3) is 0 Å². The van der Waals surface area contributed by atoms with Gasteiger partial charge in [0.1, 0.15) is 0 Å². The summed E-state index contributed by atoms with van der Waals surface area (Å²) in [5.74, 6) is 3.11. The molecule has 17 heavy (non-hydrogen) atoms. The van der Waals surface area contributed by atoms with Crippen LogP contribution in [-0.4, -0.2) is 22.6 Å². The molecule has 1 aromatic carbocycles. The highest BCUT2D eigenvalue weighted by Crippen LogP contribution is 2.28. The molecule has 0 radical (unpaired) electrons. The molecule has 0 amide bonds. The lowest BCUT2D eigenvalue weighted by Gasteiger charge is -1.97. The van der Waals surface area contributed by atoms with E-state index in [-0.39, 0.29) is 12.2 Å². The molecule has 0 saturated carbocycles. The molecule has 0 unspecified atom stereocenters. The van der Waals surface area contributed by atoms with Crippen molar-refractivity contribution in [2.45, 2.75) is 6.92 Å². The summed E-state index contributed by atoms with van der Waals surface area (Å²) in [6.45, 7) is 1.82. The summed E-state index contributed by atoms with van der Waals surface area (Å²) < 4.78 is 4.55. The fourth-order valence-corrected chi connectivity index (χ4v) is 1.07. The van der Waals surface area contributed by atoms with E-state index in [2.05, 4.69) is 16.6 Å². The smallest absolute Gasteiger partial charge is 0.384 e. The van der Waals surface area contributed by atoms with Gasteiger partial charge in [-0.15, -0.1) is 0 Å². The molecule has 0 fully saturated rings. The second-order valence-corrected chi connectivity index (χ2v) is 2.90. The molecular weight excluding hydrogens is 226 g/mol. The fourth-order valence-electron chi connectivity index (χ4n) is 1.07. The SMILES string of the molecule is CCOC(=O)C#Cc1cccc([N+](=O)[O-])c1O. The summed E-state index contributed by atoms with van der Waals surface area (Å²) in [4.78, 5) is 20.7. The Kier molecular flexibility index (Phi) is 4.06. The van der Waals surface area contributed by atoms with Gasteiger partial charge >= 0.3 is 11.7 Å². The zero-order valence-electron chi connectivity index (χ0n) is 8.97. The van der Waals surface area contributed by atoms with Gasteiger partial charge in [0.05, 0.1) is 17.1 Å². The molecule has 0 aliphatic rings. The van der Waals surface area contributed by atoms with Crippen LogP contribution in [0.4, 0.5) is 5.69 Å². The molecule has 1 aromatic rings. The quantitative estimate of drug-likeness (QED) is 0.360. The first-order chi connectivity index (χ1) is 8.06. The van der Waals surface area contributed by atoms with Gasteiger partial charge in [-0.2, -0.15) is 0 Å². The number of nitrogens with zero attached hydrogens (tertiary/aromatic N) is 1. The molecule has 1 N–H and O–H groups in total. The van der Waals surface area contributed by atoms with Crippen LogP contribution in [0.2, 0.25) is 0 Å². The van der Waals surface area contributed by atoms with Crippen LogP contribution in [-0.2, 0) is 9.53 Å². The third kappa shape index (κ3) is 3.21. The van der Waals surface area contributed by atoms with Crippen molar-refractivity contribution in [1.82, 2.24) is 0 Å². The van der Waals surface area contributed by atoms with Crippen molar-refractivity contribution in [2.24, 2.45) is 0 Å². The number of benzene rings is 1. The molecule has 0 aliphatic heterocycles. The average molecular weight is 235 g/mol. The number of rotatable bonds is 2. The highest BCUT2D eigenvalue weighted by Gasteiger charge is 2.15. The van der Waals surface area contributed by atoms with Gasteiger partial charge in [-0.05, 0) is 13.0 Å². The molecule has 1 rings (SSSR count). The second kappa shape index (κ2) is 5.51. The van der Waals surface area contributed by atoms with E-state index >= 15 is 0 Å². The maximum atomic E-state index is 10.9. The Balaban J connectivity index is 3.04. The molecule has 0 saturated heterocycles. The Hall–Kier alpha value is -2.55. The zero-order valence-corrected chi connectivity index (χ0v) is 8.97. The van der Waals surface area contributed by atoms with Gasteiger partial charge in [0.2, 0.25) is 5.75 Å². The second-order valence-electron chi connectivity index (χ2n) is 2.90. The van der Waals surface area contributed by atoms with Crippen molar-refractivity contribution in [3.63, 3.8) is 0 Å². The Morgan fingerprint density at radius 3 is 2.88 bits per heavy atom. The zero-order chi connectivity index (χ0) is 12.8. The van der Waals surface area contributed by atoms with Crippen molar-refractivity contribution < 1.29 is 19.6 Å². The minimum absolute atomic E-state index is 0.00672. The first-order valence-corrected chi connectivity index (χ1v) is 4.71. The van der Waals surface area contributed by atoms with Crippen LogP contribution >= 0.6 is 0 Å². The molecule has 0 atom stereocenters. The molecule has 0 heterocycles. The topological polar surface area (TPSA) is 89.7 Å². The van der Waals surface area contributed by atoms with Crippen molar-refractivity contribution >= 4 is 11.7 Å². The largest absolute Gasteiger partial charge is 0.501 e. The number of para-hydroxylation sites is 1. The maximum absolute atomic E-state index is 10.9. The number of carbonyl (C=O) groups excluding carboxylic acids is 1. The molecule has 0 aliphatic carbocycles. The summed E-state index contributed by atoms with van der Waals surface area (Å²) in [5.41, 5.74) is -0.451. The number of hydrogen-bond acceptors (Lipinski definition) is 5. The van der Waals surface area contributed by atoms with Crippen LogP contribution in [0.15, 0.2) is 18.2 Å². The van der Waals surface area contributed by atoms with Gasteiger partial charge in [0, 0.05) is 12.0 Å². The number of esters is 1. The standard InChI is InChI=1S/C11H9NO5/c1-2-17-10(13)7-6-8-4-3-5-9(11(8)14)12(15)16/h3-5,14H,2H2,1H3. The minimum atomic E-state index is -0.751. The van der Waals surface area contributed by atoms with Crippen LogP contribution in [0, 0.1) is 22.0 Å². The highest BCUT2D eigenvalue weighted by atomic mass is 16.6. The lowest BCUT2D eigenvalue weighted by Crippen LogP contribution is -1.99. The van der Waals surface area contributed by atoms with E-state index < -0.39 is 22.3 Å². The summed E-state index contributed by atoms with van der Waals surface area (Å²) in [5, 5.41) is 20.0. The Labute approximate surface area is 97.0 Å². The number of hydrogen-bond donors (Lipinski definition) is 1. The van der Waals surface area contributed by atoms with Crippen molar-refractivity contribution in [3.8, 4) is 17.6 Å². The lowest BCUT2D eigenvalue weighted by atomic mass is 10.2. The van der Waals surface area contributed by atoms with Crippen LogP contribution in [0.3, 0.4) is 0 Å². The molecule has 6 nitrogen and oxygen atoms in total. The van der Waals surface area contributed by atoms with E-state index in [1.54, 1.807) is 6.92 Å². The Bertz CT molecular complexity index is 512. The predicted octanol–water partition coefficient (Wildman–Crippen LogP) is 1.22. The molecule has 0 spiro atoms. The number of phenols is 1. The summed E-state index contributed by atoms with van der Waals surface area (Å²) in [7, 11) is 0. The number of carbonyl (C=O) groups is 1. The van der Waals surface area contributed by atoms with Gasteiger partial charge < -0.3 is 9.84 Å². The number of ether oxygens (including phenoxy) is 1. The molecule has 88 valence electrons. The van der Waals surface area contributed by atoms with E-state index in [0.717, 1.165) is 6.07 Å². The Morgan fingerprint density at radius 2 is 2.29 bits per heavy atom. The minimum Gasteiger partial charge on any atom is -0.501 e. The van der Waals surface area contributed by atoms with Crippen LogP contribution in [0.25, 0.3) is 0 Å². The predicted molar refractivity (Wildman–Crippen MR) is 58.3 cm³/mol. The first kappa shape index (κ1) is 12.5. The molecular formula is C11H9NO5. The summed E-state index contributed by atoms with van der Waals surface area (Å²) >= 11 is 0. The molecule has 6 heteroatoms. The van der Waals surface area contributed by atoms with E-state index in [4.69, 9.17) is 0 Å². The Morgan fingerprint density at radius 1 is 1.59 bits per heavy atom. The molecule has 0 aromatic heterocycles. The normalized spacial score (nSPS) is 9.00. The van der Waals surface area contributed by atoms with E-state index in [9.17, 15) is 20.0 Å². The van der Waals surface area contributed by atoms with Crippen LogP contribution < -0.4 is 0 Å². The van der Waals surface area contributed by atoms with E-state index in [1.165, 1.54) is 12.1 Å². The monoisotopic (exact) mass is 235 g/mol. The third-order valence-electron chi connectivity index (χ3n) is 1.79. The number of aromatic hydroxyl groups is 1.